The fourth-order valence-corrected chi connectivity index (χ4v) is 3.47. The molecule has 1 fully saturated rings. The quantitative estimate of drug-likeness (QED) is 0.920. The summed E-state index contributed by atoms with van der Waals surface area (Å²) in [6.45, 7) is 5.33. The van der Waals surface area contributed by atoms with Gasteiger partial charge in [0.25, 0.3) is 0 Å². The highest BCUT2D eigenvalue weighted by atomic mass is 32.1. The highest BCUT2D eigenvalue weighted by molar-refractivity contribution is 7.07. The highest BCUT2D eigenvalue weighted by Crippen LogP contribution is 2.23. The van der Waals surface area contributed by atoms with Crippen LogP contribution in [0.15, 0.2) is 29.0 Å². The maximum Gasteiger partial charge on any atom is 0.323 e. The van der Waals surface area contributed by atoms with E-state index in [-0.39, 0.29) is 6.03 Å². The fourth-order valence-electron chi connectivity index (χ4n) is 2.72. The van der Waals surface area contributed by atoms with Crippen molar-refractivity contribution in [2.75, 3.05) is 38.6 Å². The number of carbonyl (C=O) groups excluding carboxylic acids is 1. The average molecular weight is 347 g/mol. The van der Waals surface area contributed by atoms with Gasteiger partial charge in [0.2, 0.25) is 5.88 Å². The number of nitrogens with zero attached hydrogens (tertiary/aromatic N) is 4. The molecule has 2 amide bonds. The molecule has 0 spiro atoms. The Bertz CT molecular complexity index is 654. The molecule has 1 N–H and O–H groups in total. The van der Waals surface area contributed by atoms with E-state index in [1.165, 1.54) is 12.7 Å². The first kappa shape index (κ1) is 16.7. The number of ether oxygens (including phenoxy) is 1. The molecule has 2 aromatic heterocycles. The highest BCUT2D eigenvalue weighted by Gasteiger charge is 2.25. The second kappa shape index (κ2) is 7.59. The van der Waals surface area contributed by atoms with E-state index in [9.17, 15) is 4.79 Å². The molecular weight excluding hydrogens is 326 g/mol. The van der Waals surface area contributed by atoms with E-state index < -0.39 is 0 Å². The van der Waals surface area contributed by atoms with Crippen molar-refractivity contribution in [3.05, 3.63) is 34.5 Å². The van der Waals surface area contributed by atoms with Crippen molar-refractivity contribution >= 4 is 23.2 Å². The number of methoxy groups -OCH3 is 1. The van der Waals surface area contributed by atoms with E-state index in [1.54, 1.807) is 23.5 Å². The van der Waals surface area contributed by atoms with Crippen LogP contribution in [0.5, 0.6) is 5.88 Å². The Hall–Kier alpha value is -2.19. The second-order valence-corrected chi connectivity index (χ2v) is 6.43. The summed E-state index contributed by atoms with van der Waals surface area (Å²) < 4.78 is 4.95. The normalized spacial score (nSPS) is 16.7. The zero-order chi connectivity index (χ0) is 16.9. The molecule has 0 radical (unpaired) electrons. The maximum absolute atomic E-state index is 12.3. The first-order valence-electron chi connectivity index (χ1n) is 7.87. The number of thiophene rings is 1. The van der Waals surface area contributed by atoms with Crippen molar-refractivity contribution in [1.82, 2.24) is 20.0 Å². The van der Waals surface area contributed by atoms with Gasteiger partial charge in [-0.05, 0) is 35.4 Å². The summed E-state index contributed by atoms with van der Waals surface area (Å²) in [5.41, 5.74) is 1.34. The first-order valence-corrected chi connectivity index (χ1v) is 8.81. The molecule has 128 valence electrons. The Morgan fingerprint density at radius 3 is 2.62 bits per heavy atom. The van der Waals surface area contributed by atoms with Crippen LogP contribution in [0.25, 0.3) is 0 Å². The van der Waals surface area contributed by atoms with Gasteiger partial charge >= 0.3 is 6.03 Å². The standard InChI is InChI=1S/C16H21N5O2S/c1-12(13-5-10-24-11-13)20-6-8-21(9-7-20)16(22)17-14-3-4-15(23-2)19-18-14/h3-5,10-12H,6-9H2,1-2H3,(H,17,18,22). The van der Waals surface area contributed by atoms with Crippen LogP contribution in [0, 0.1) is 0 Å². The van der Waals surface area contributed by atoms with Crippen LogP contribution < -0.4 is 10.1 Å². The van der Waals surface area contributed by atoms with Crippen molar-refractivity contribution < 1.29 is 9.53 Å². The van der Waals surface area contributed by atoms with E-state index in [2.05, 4.69) is 44.2 Å². The Labute approximate surface area is 145 Å². The molecular formula is C16H21N5O2S. The molecule has 0 aromatic carbocycles. The van der Waals surface area contributed by atoms with Gasteiger partial charge in [0, 0.05) is 38.3 Å². The number of amides is 2. The molecule has 24 heavy (non-hydrogen) atoms. The molecule has 1 saturated heterocycles. The maximum atomic E-state index is 12.3. The zero-order valence-electron chi connectivity index (χ0n) is 13.8. The molecule has 8 heteroatoms. The minimum absolute atomic E-state index is 0.141. The molecule has 0 aliphatic carbocycles. The van der Waals surface area contributed by atoms with Gasteiger partial charge in [-0.3, -0.25) is 10.2 Å². The van der Waals surface area contributed by atoms with Gasteiger partial charge < -0.3 is 9.64 Å². The van der Waals surface area contributed by atoms with Crippen LogP contribution in [0.3, 0.4) is 0 Å². The molecule has 3 rings (SSSR count). The van der Waals surface area contributed by atoms with E-state index in [0.717, 1.165) is 13.1 Å². The lowest BCUT2D eigenvalue weighted by atomic mass is 10.1. The molecule has 1 aliphatic heterocycles. The van der Waals surface area contributed by atoms with E-state index in [0.29, 0.717) is 30.8 Å². The molecule has 1 unspecified atom stereocenters. The number of carbonyl (C=O) groups is 1. The number of aromatic nitrogens is 2. The number of piperazine rings is 1. The van der Waals surface area contributed by atoms with Crippen molar-refractivity contribution in [2.24, 2.45) is 0 Å². The van der Waals surface area contributed by atoms with Gasteiger partial charge in [0.05, 0.1) is 7.11 Å². The van der Waals surface area contributed by atoms with Crippen LogP contribution in [0.1, 0.15) is 18.5 Å². The predicted molar refractivity (Wildman–Crippen MR) is 93.5 cm³/mol. The fraction of sp³-hybridized carbons (Fsp3) is 0.438. The first-order chi connectivity index (χ1) is 11.7. The summed E-state index contributed by atoms with van der Waals surface area (Å²) in [6.07, 6.45) is 0. The molecule has 1 aliphatic rings. The molecule has 0 saturated carbocycles. The van der Waals surface area contributed by atoms with Crippen LogP contribution >= 0.6 is 11.3 Å². The third kappa shape index (κ3) is 3.82. The lowest BCUT2D eigenvalue weighted by Crippen LogP contribution is -2.50. The predicted octanol–water partition coefficient (Wildman–Crippen LogP) is 2.46. The number of urea groups is 1. The summed E-state index contributed by atoms with van der Waals surface area (Å²) in [7, 11) is 1.53. The van der Waals surface area contributed by atoms with Crippen molar-refractivity contribution in [1.29, 1.82) is 0 Å². The Kier molecular flexibility index (Phi) is 5.27. The van der Waals surface area contributed by atoms with E-state index in [4.69, 9.17) is 4.74 Å². The van der Waals surface area contributed by atoms with Gasteiger partial charge in [-0.2, -0.15) is 11.3 Å². The van der Waals surface area contributed by atoms with Crippen LogP contribution in [-0.4, -0.2) is 59.3 Å². The lowest BCUT2D eigenvalue weighted by Gasteiger charge is -2.37. The summed E-state index contributed by atoms with van der Waals surface area (Å²) in [5.74, 6) is 0.846. The average Bonchev–Trinajstić information content (AvgIpc) is 3.16. The molecule has 0 bridgehead atoms. The molecule has 3 heterocycles. The zero-order valence-corrected chi connectivity index (χ0v) is 14.6. The smallest absolute Gasteiger partial charge is 0.323 e. The van der Waals surface area contributed by atoms with Gasteiger partial charge in [-0.1, -0.05) is 0 Å². The molecule has 7 nitrogen and oxygen atoms in total. The van der Waals surface area contributed by atoms with Crippen LogP contribution in [-0.2, 0) is 0 Å². The van der Waals surface area contributed by atoms with Crippen LogP contribution in [0.4, 0.5) is 10.6 Å². The monoisotopic (exact) mass is 347 g/mol. The molecule has 2 aromatic rings. The number of hydrogen-bond donors (Lipinski definition) is 1. The van der Waals surface area contributed by atoms with Gasteiger partial charge in [0.1, 0.15) is 0 Å². The van der Waals surface area contributed by atoms with Crippen molar-refractivity contribution in [2.45, 2.75) is 13.0 Å². The van der Waals surface area contributed by atoms with Gasteiger partial charge in [-0.25, -0.2) is 4.79 Å². The van der Waals surface area contributed by atoms with E-state index >= 15 is 0 Å². The topological polar surface area (TPSA) is 70.6 Å². The number of rotatable bonds is 4. The number of nitrogens with one attached hydrogen (secondary N) is 1. The number of hydrogen-bond acceptors (Lipinski definition) is 6. The summed E-state index contributed by atoms with van der Waals surface area (Å²) >= 11 is 1.72. The lowest BCUT2D eigenvalue weighted by molar-refractivity contribution is 0.119. The minimum Gasteiger partial charge on any atom is -0.480 e. The largest absolute Gasteiger partial charge is 0.480 e. The van der Waals surface area contributed by atoms with Crippen molar-refractivity contribution in [3.8, 4) is 5.88 Å². The third-order valence-electron chi connectivity index (χ3n) is 4.26. The SMILES string of the molecule is COc1ccc(NC(=O)N2CCN(C(C)c3ccsc3)CC2)nn1. The third-order valence-corrected chi connectivity index (χ3v) is 4.96. The summed E-state index contributed by atoms with van der Waals surface area (Å²) in [5, 5.41) is 14.8. The Balaban J connectivity index is 1.51. The summed E-state index contributed by atoms with van der Waals surface area (Å²) in [6, 6.07) is 5.75. The van der Waals surface area contributed by atoms with Crippen molar-refractivity contribution in [3.63, 3.8) is 0 Å². The molecule has 1 atom stereocenters. The van der Waals surface area contributed by atoms with E-state index in [1.807, 2.05) is 4.90 Å². The Morgan fingerprint density at radius 1 is 1.25 bits per heavy atom. The minimum atomic E-state index is -0.141. The summed E-state index contributed by atoms with van der Waals surface area (Å²) in [4.78, 5) is 16.5. The van der Waals surface area contributed by atoms with Crippen LogP contribution in [0.2, 0.25) is 0 Å². The second-order valence-electron chi connectivity index (χ2n) is 5.65. The van der Waals surface area contributed by atoms with Gasteiger partial charge in [0.15, 0.2) is 5.82 Å². The van der Waals surface area contributed by atoms with Gasteiger partial charge in [-0.15, -0.1) is 10.2 Å². The Morgan fingerprint density at radius 2 is 2.04 bits per heavy atom. The number of anilines is 1.